The Morgan fingerprint density at radius 2 is 1.02 bits per heavy atom. The highest BCUT2D eigenvalue weighted by Gasteiger charge is 2.25. The molecule has 8 rings (SSSR count). The molecule has 0 fully saturated rings. The van der Waals surface area contributed by atoms with Crippen molar-refractivity contribution < 1.29 is 0 Å². The maximum Gasteiger partial charge on any atom is 0.131 e. The van der Waals surface area contributed by atoms with E-state index in [9.17, 15) is 5.26 Å². The lowest BCUT2D eigenvalue weighted by Gasteiger charge is -2.32. The Morgan fingerprint density at radius 3 is 1.73 bits per heavy atom. The number of benzene rings is 7. The van der Waals surface area contributed by atoms with Crippen molar-refractivity contribution in [2.75, 3.05) is 0 Å². The van der Waals surface area contributed by atoms with Crippen molar-refractivity contribution in [3.63, 3.8) is 0 Å². The van der Waals surface area contributed by atoms with Crippen molar-refractivity contribution in [1.29, 1.82) is 5.26 Å². The molecule has 1 aliphatic heterocycles. The molecule has 0 saturated carbocycles. The lowest BCUT2D eigenvalue weighted by molar-refractivity contribution is 0.409. The van der Waals surface area contributed by atoms with Crippen molar-refractivity contribution in [3.8, 4) is 39.4 Å². The van der Waals surface area contributed by atoms with Gasteiger partial charge in [0.2, 0.25) is 0 Å². The van der Waals surface area contributed by atoms with E-state index in [4.69, 9.17) is 4.99 Å². The first-order valence-corrected chi connectivity index (χ1v) is 16.2. The zero-order chi connectivity index (χ0) is 32.3. The third-order valence-electron chi connectivity index (χ3n) is 9.05. The molecule has 228 valence electrons. The van der Waals surface area contributed by atoms with E-state index in [-0.39, 0.29) is 12.3 Å². The summed E-state index contributed by atoms with van der Waals surface area (Å²) in [7, 11) is 0. The fraction of sp³-hybridized carbons (Fsp3) is 0.0455. The van der Waals surface area contributed by atoms with Crippen LogP contribution in [-0.2, 0) is 0 Å². The summed E-state index contributed by atoms with van der Waals surface area (Å²) in [5.41, 5.74) is 10.9. The molecule has 0 bridgehead atoms. The van der Waals surface area contributed by atoms with Crippen LogP contribution in [0.3, 0.4) is 0 Å². The molecule has 1 heterocycles. The van der Waals surface area contributed by atoms with Crippen LogP contribution in [0.25, 0.3) is 44.2 Å². The van der Waals surface area contributed by atoms with Crippen LogP contribution >= 0.6 is 0 Å². The minimum atomic E-state index is -0.210. The second-order valence-corrected chi connectivity index (χ2v) is 12.0. The van der Waals surface area contributed by atoms with Gasteiger partial charge in [0.25, 0.3) is 0 Å². The molecule has 4 nitrogen and oxygen atoms in total. The summed E-state index contributed by atoms with van der Waals surface area (Å²) in [6.45, 7) is 0. The fourth-order valence-corrected chi connectivity index (χ4v) is 6.61. The molecule has 7 aromatic carbocycles. The van der Waals surface area contributed by atoms with Crippen molar-refractivity contribution in [1.82, 2.24) is 10.6 Å². The number of nitrogens with zero attached hydrogens (tertiary/aromatic N) is 2. The number of hydrogen-bond donors (Lipinski definition) is 2. The minimum absolute atomic E-state index is 0.0766. The molecule has 1 aliphatic rings. The van der Waals surface area contributed by atoms with E-state index in [0.717, 1.165) is 44.8 Å². The Morgan fingerprint density at radius 1 is 0.458 bits per heavy atom. The molecular formula is C44H32N4. The number of amidine groups is 1. The van der Waals surface area contributed by atoms with Crippen molar-refractivity contribution in [2.24, 2.45) is 4.99 Å². The van der Waals surface area contributed by atoms with Gasteiger partial charge in [-0.1, -0.05) is 158 Å². The Hall–Kier alpha value is -6.28. The third kappa shape index (κ3) is 5.64. The smallest absolute Gasteiger partial charge is 0.131 e. The van der Waals surface area contributed by atoms with Gasteiger partial charge >= 0.3 is 0 Å². The number of hydrogen-bond acceptors (Lipinski definition) is 4. The highest BCUT2D eigenvalue weighted by atomic mass is 15.3. The van der Waals surface area contributed by atoms with E-state index in [0.29, 0.717) is 5.56 Å². The quantitative estimate of drug-likeness (QED) is 0.195. The second kappa shape index (κ2) is 12.8. The lowest BCUT2D eigenvalue weighted by atomic mass is 9.88. The molecule has 0 saturated heterocycles. The summed E-state index contributed by atoms with van der Waals surface area (Å²) in [6.07, 6.45) is -0.286. The van der Waals surface area contributed by atoms with Crippen LogP contribution < -0.4 is 10.6 Å². The number of rotatable bonds is 6. The topological polar surface area (TPSA) is 60.2 Å². The maximum atomic E-state index is 9.30. The van der Waals surface area contributed by atoms with Crippen molar-refractivity contribution in [2.45, 2.75) is 12.3 Å². The van der Waals surface area contributed by atoms with E-state index in [2.05, 4.69) is 138 Å². The Bertz CT molecular complexity index is 2280. The second-order valence-electron chi connectivity index (χ2n) is 12.0. The van der Waals surface area contributed by atoms with Crippen LogP contribution in [0.1, 0.15) is 34.6 Å². The molecule has 2 atom stereocenters. The predicted molar refractivity (Wildman–Crippen MR) is 196 cm³/mol. The van der Waals surface area contributed by atoms with Gasteiger partial charge in [-0.05, 0) is 67.4 Å². The van der Waals surface area contributed by atoms with Gasteiger partial charge in [0, 0.05) is 5.56 Å². The standard InChI is InChI=1S/C44H32N4/c45-29-30-19-21-31(22-20-30)36-15-7-8-16-38(36)41-28-27-37(39-17-9-10-18-40(39)41)32-23-25-35(26-24-32)44-47-42(33-11-3-1-4-12-33)46-43(48-44)34-13-5-2-6-14-34/h1-28,42,44,47H,(H,46,48). The molecule has 0 spiro atoms. The van der Waals surface area contributed by atoms with Gasteiger partial charge in [0.15, 0.2) is 0 Å². The van der Waals surface area contributed by atoms with E-state index in [1.165, 1.54) is 21.9 Å². The molecule has 4 heteroatoms. The number of aliphatic imine (C=N–C) groups is 1. The Kier molecular flexibility index (Phi) is 7.80. The monoisotopic (exact) mass is 616 g/mol. The molecule has 7 aromatic rings. The van der Waals surface area contributed by atoms with Gasteiger partial charge in [-0.25, -0.2) is 4.99 Å². The van der Waals surface area contributed by atoms with Crippen LogP contribution in [-0.4, -0.2) is 5.84 Å². The number of nitriles is 1. The summed E-state index contributed by atoms with van der Waals surface area (Å²) in [5, 5.41) is 19.0. The maximum absolute atomic E-state index is 9.30. The average Bonchev–Trinajstić information content (AvgIpc) is 3.18. The normalized spacial score (nSPS) is 15.7. The summed E-state index contributed by atoms with van der Waals surface area (Å²) < 4.78 is 0. The summed E-state index contributed by atoms with van der Waals surface area (Å²) >= 11 is 0. The van der Waals surface area contributed by atoms with E-state index >= 15 is 0 Å². The largest absolute Gasteiger partial charge is 0.350 e. The zero-order valence-corrected chi connectivity index (χ0v) is 26.2. The molecule has 0 radical (unpaired) electrons. The first kappa shape index (κ1) is 29.1. The first-order chi connectivity index (χ1) is 23.7. The molecular weight excluding hydrogens is 585 g/mol. The zero-order valence-electron chi connectivity index (χ0n) is 26.2. The molecule has 2 N–H and O–H groups in total. The van der Waals surface area contributed by atoms with Gasteiger partial charge in [-0.3, -0.25) is 5.32 Å². The summed E-state index contributed by atoms with van der Waals surface area (Å²) in [5.74, 6) is 0.875. The lowest BCUT2D eigenvalue weighted by Crippen LogP contribution is -2.44. The van der Waals surface area contributed by atoms with E-state index in [1.54, 1.807) is 0 Å². The number of nitrogens with one attached hydrogen (secondary N) is 2. The van der Waals surface area contributed by atoms with Crippen LogP contribution in [0.5, 0.6) is 0 Å². The Labute approximate surface area is 280 Å². The van der Waals surface area contributed by atoms with Gasteiger partial charge in [-0.2, -0.15) is 5.26 Å². The van der Waals surface area contributed by atoms with Gasteiger partial charge in [-0.15, -0.1) is 0 Å². The van der Waals surface area contributed by atoms with Crippen LogP contribution in [0.15, 0.2) is 175 Å². The SMILES string of the molecule is N#Cc1ccc(-c2ccccc2-c2ccc(-c3ccc(C4N=C(c5ccccc5)NC(c5ccccc5)N4)cc3)c3ccccc23)cc1. The van der Waals surface area contributed by atoms with E-state index in [1.807, 2.05) is 48.5 Å². The number of fused-ring (bicyclic) bond motifs is 1. The molecule has 0 aromatic heterocycles. The van der Waals surface area contributed by atoms with Crippen LogP contribution in [0.4, 0.5) is 0 Å². The average molecular weight is 617 g/mol. The van der Waals surface area contributed by atoms with E-state index < -0.39 is 0 Å². The predicted octanol–water partition coefficient (Wildman–Crippen LogP) is 10.0. The fourth-order valence-electron chi connectivity index (χ4n) is 6.61. The molecule has 48 heavy (non-hydrogen) atoms. The molecule has 2 unspecified atom stereocenters. The van der Waals surface area contributed by atoms with Gasteiger partial charge < -0.3 is 5.32 Å². The van der Waals surface area contributed by atoms with Crippen LogP contribution in [0, 0.1) is 11.3 Å². The minimum Gasteiger partial charge on any atom is -0.350 e. The highest BCUT2D eigenvalue weighted by Crippen LogP contribution is 2.40. The highest BCUT2D eigenvalue weighted by molar-refractivity contribution is 6.07. The molecule has 0 aliphatic carbocycles. The Balaban J connectivity index is 1.15. The van der Waals surface area contributed by atoms with Crippen LogP contribution in [0.2, 0.25) is 0 Å². The first-order valence-electron chi connectivity index (χ1n) is 16.2. The van der Waals surface area contributed by atoms with Crippen molar-refractivity contribution >= 4 is 16.6 Å². The third-order valence-corrected chi connectivity index (χ3v) is 9.05. The summed E-state index contributed by atoms with van der Waals surface area (Å²) in [4.78, 5) is 5.12. The summed E-state index contributed by atoms with van der Waals surface area (Å²) in [6, 6.07) is 61.2. The van der Waals surface area contributed by atoms with Crippen molar-refractivity contribution in [3.05, 3.63) is 192 Å². The van der Waals surface area contributed by atoms with Gasteiger partial charge in [0.05, 0.1) is 11.6 Å². The molecule has 0 amide bonds. The van der Waals surface area contributed by atoms with Gasteiger partial charge in [0.1, 0.15) is 18.2 Å².